The first-order chi connectivity index (χ1) is 9.89. The summed E-state index contributed by atoms with van der Waals surface area (Å²) in [6, 6.07) is 16.8. The number of rotatable bonds is 1. The van der Waals surface area contributed by atoms with Crippen LogP contribution in [0.5, 0.6) is 0 Å². The third kappa shape index (κ3) is 2.32. The van der Waals surface area contributed by atoms with E-state index in [0.717, 1.165) is 11.1 Å². The molecule has 0 saturated carbocycles. The Morgan fingerprint density at radius 3 is 2.24 bits per heavy atom. The first kappa shape index (κ1) is 14.1. The van der Waals surface area contributed by atoms with Crippen molar-refractivity contribution in [3.63, 3.8) is 0 Å². The summed E-state index contributed by atoms with van der Waals surface area (Å²) >= 11 is 0. The van der Waals surface area contributed by atoms with Crippen molar-refractivity contribution in [3.8, 4) is 0 Å². The van der Waals surface area contributed by atoms with Crippen LogP contribution >= 0.6 is 0 Å². The van der Waals surface area contributed by atoms with Crippen molar-refractivity contribution in [1.82, 2.24) is 0 Å². The third-order valence-electron chi connectivity index (χ3n) is 4.35. The summed E-state index contributed by atoms with van der Waals surface area (Å²) in [6.45, 7) is 8.69. The molecular formula is C20H22O. The third-order valence-corrected chi connectivity index (χ3v) is 4.35. The Bertz CT molecular complexity index is 702. The van der Waals surface area contributed by atoms with Crippen LogP contribution in [-0.4, -0.2) is 5.11 Å². The van der Waals surface area contributed by atoms with Crippen molar-refractivity contribution in [2.75, 3.05) is 0 Å². The number of aliphatic hydroxyl groups is 1. The minimum absolute atomic E-state index is 0.109. The fourth-order valence-corrected chi connectivity index (χ4v) is 3.05. The van der Waals surface area contributed by atoms with Gasteiger partial charge >= 0.3 is 0 Å². The molecule has 0 spiro atoms. The Morgan fingerprint density at radius 1 is 0.952 bits per heavy atom. The van der Waals surface area contributed by atoms with Gasteiger partial charge in [-0.25, -0.2) is 0 Å². The summed E-state index contributed by atoms with van der Waals surface area (Å²) in [7, 11) is 0. The van der Waals surface area contributed by atoms with E-state index in [4.69, 9.17) is 0 Å². The van der Waals surface area contributed by atoms with Gasteiger partial charge < -0.3 is 5.11 Å². The van der Waals surface area contributed by atoms with Crippen LogP contribution in [0.25, 0.3) is 5.57 Å². The van der Waals surface area contributed by atoms with Gasteiger partial charge in [-0.05, 0) is 45.7 Å². The van der Waals surface area contributed by atoms with E-state index in [1.807, 2.05) is 25.1 Å². The zero-order chi connectivity index (χ0) is 15.2. The molecule has 2 aromatic rings. The Hall–Kier alpha value is -1.86. The zero-order valence-corrected chi connectivity index (χ0v) is 13.1. The van der Waals surface area contributed by atoms with Crippen molar-refractivity contribution in [3.05, 3.63) is 76.4 Å². The van der Waals surface area contributed by atoms with Crippen molar-refractivity contribution in [1.29, 1.82) is 0 Å². The molecule has 108 valence electrons. The second-order valence-electron chi connectivity index (χ2n) is 6.88. The van der Waals surface area contributed by atoms with E-state index >= 15 is 0 Å². The van der Waals surface area contributed by atoms with E-state index in [0.29, 0.717) is 0 Å². The maximum atomic E-state index is 10.5. The van der Waals surface area contributed by atoms with Crippen LogP contribution in [-0.2, 0) is 5.41 Å². The van der Waals surface area contributed by atoms with Gasteiger partial charge in [-0.3, -0.25) is 0 Å². The average Bonchev–Trinajstić information content (AvgIpc) is 2.70. The van der Waals surface area contributed by atoms with Gasteiger partial charge in [0.25, 0.3) is 0 Å². The van der Waals surface area contributed by atoms with Gasteiger partial charge in [-0.15, -0.1) is 0 Å². The van der Waals surface area contributed by atoms with Crippen molar-refractivity contribution in [2.24, 2.45) is 0 Å². The van der Waals surface area contributed by atoms with Gasteiger partial charge in [0, 0.05) is 0 Å². The molecule has 1 aliphatic carbocycles. The van der Waals surface area contributed by atoms with E-state index in [2.05, 4.69) is 51.1 Å². The highest BCUT2D eigenvalue weighted by Crippen LogP contribution is 2.44. The minimum atomic E-state index is -0.482. The Morgan fingerprint density at radius 2 is 1.62 bits per heavy atom. The molecule has 0 bridgehead atoms. The first-order valence-electron chi connectivity index (χ1n) is 7.48. The van der Waals surface area contributed by atoms with Gasteiger partial charge in [-0.2, -0.15) is 0 Å². The zero-order valence-electron chi connectivity index (χ0n) is 13.1. The van der Waals surface area contributed by atoms with E-state index < -0.39 is 6.10 Å². The Kier molecular flexibility index (Phi) is 3.26. The van der Waals surface area contributed by atoms with Crippen molar-refractivity contribution >= 4 is 5.57 Å². The highest BCUT2D eigenvalue weighted by atomic mass is 16.3. The van der Waals surface area contributed by atoms with E-state index in [1.165, 1.54) is 22.3 Å². The van der Waals surface area contributed by atoms with E-state index in [9.17, 15) is 5.11 Å². The normalized spacial score (nSPS) is 18.0. The molecule has 1 nitrogen and oxygen atoms in total. The molecule has 2 aromatic carbocycles. The molecule has 0 fully saturated rings. The number of aliphatic hydroxyl groups excluding tert-OH is 1. The Labute approximate surface area is 127 Å². The van der Waals surface area contributed by atoms with Crippen molar-refractivity contribution in [2.45, 2.75) is 39.2 Å². The molecule has 3 rings (SSSR count). The SMILES string of the molecule is CC1=C(c2ccccc2)c2cc(C(C)(C)C)ccc2C1O. The molecule has 0 radical (unpaired) electrons. The molecule has 1 unspecified atom stereocenters. The largest absolute Gasteiger partial charge is 0.384 e. The number of benzene rings is 2. The maximum Gasteiger partial charge on any atom is 0.101 e. The summed E-state index contributed by atoms with van der Waals surface area (Å²) in [6.07, 6.45) is -0.482. The fourth-order valence-electron chi connectivity index (χ4n) is 3.05. The number of hydrogen-bond acceptors (Lipinski definition) is 1. The van der Waals surface area contributed by atoms with Crippen LogP contribution in [0.3, 0.4) is 0 Å². The molecule has 1 heteroatoms. The molecule has 0 amide bonds. The number of fused-ring (bicyclic) bond motifs is 1. The van der Waals surface area contributed by atoms with Crippen molar-refractivity contribution < 1.29 is 5.11 Å². The van der Waals surface area contributed by atoms with Crippen LogP contribution in [0.2, 0.25) is 0 Å². The van der Waals surface area contributed by atoms with Gasteiger partial charge in [-0.1, -0.05) is 69.3 Å². The number of hydrogen-bond donors (Lipinski definition) is 1. The molecule has 1 atom stereocenters. The van der Waals surface area contributed by atoms with Crippen LogP contribution in [0, 0.1) is 0 Å². The Balaban J connectivity index is 2.21. The molecule has 0 saturated heterocycles. The second kappa shape index (κ2) is 4.85. The molecule has 0 heterocycles. The van der Waals surface area contributed by atoms with Gasteiger partial charge in [0.15, 0.2) is 0 Å². The molecular weight excluding hydrogens is 256 g/mol. The molecule has 21 heavy (non-hydrogen) atoms. The maximum absolute atomic E-state index is 10.5. The van der Waals surface area contributed by atoms with Crippen LogP contribution < -0.4 is 0 Å². The quantitative estimate of drug-likeness (QED) is 0.790. The highest BCUT2D eigenvalue weighted by molar-refractivity contribution is 5.88. The summed E-state index contributed by atoms with van der Waals surface area (Å²) in [5.41, 5.74) is 7.03. The van der Waals surface area contributed by atoms with E-state index in [1.54, 1.807) is 0 Å². The summed E-state index contributed by atoms with van der Waals surface area (Å²) in [4.78, 5) is 0. The lowest BCUT2D eigenvalue weighted by atomic mass is 9.84. The average molecular weight is 278 g/mol. The standard InChI is InChI=1S/C20H22O/c1-13-18(14-8-6-5-7-9-14)17-12-15(20(2,3)4)10-11-16(17)19(13)21/h5-12,19,21H,1-4H3. The second-order valence-corrected chi connectivity index (χ2v) is 6.88. The summed E-state index contributed by atoms with van der Waals surface area (Å²) in [5.74, 6) is 0. The van der Waals surface area contributed by atoms with Gasteiger partial charge in [0.1, 0.15) is 6.10 Å². The van der Waals surface area contributed by atoms with Crippen LogP contribution in [0.15, 0.2) is 54.1 Å². The van der Waals surface area contributed by atoms with Gasteiger partial charge in [0.05, 0.1) is 0 Å². The molecule has 0 aliphatic heterocycles. The fraction of sp³-hybridized carbons (Fsp3) is 0.300. The van der Waals surface area contributed by atoms with Gasteiger partial charge in [0.2, 0.25) is 0 Å². The van der Waals surface area contributed by atoms with E-state index in [-0.39, 0.29) is 5.41 Å². The summed E-state index contributed by atoms with van der Waals surface area (Å²) < 4.78 is 0. The predicted molar refractivity (Wildman–Crippen MR) is 88.2 cm³/mol. The van der Waals surface area contributed by atoms with Crippen LogP contribution in [0.1, 0.15) is 56.1 Å². The summed E-state index contributed by atoms with van der Waals surface area (Å²) in [5, 5.41) is 10.5. The lowest BCUT2D eigenvalue weighted by Crippen LogP contribution is -2.11. The highest BCUT2D eigenvalue weighted by Gasteiger charge is 2.29. The topological polar surface area (TPSA) is 20.2 Å². The van der Waals surface area contributed by atoms with Crippen LogP contribution in [0.4, 0.5) is 0 Å². The lowest BCUT2D eigenvalue weighted by Gasteiger charge is -2.21. The first-order valence-corrected chi connectivity index (χ1v) is 7.48. The molecule has 0 aromatic heterocycles. The lowest BCUT2D eigenvalue weighted by molar-refractivity contribution is 0.219. The predicted octanol–water partition coefficient (Wildman–Crippen LogP) is 4.85. The monoisotopic (exact) mass is 278 g/mol. The smallest absolute Gasteiger partial charge is 0.101 e. The molecule has 1 aliphatic rings. The minimum Gasteiger partial charge on any atom is -0.384 e. The molecule has 1 N–H and O–H groups in total.